The molecule has 0 aromatic heterocycles. The Bertz CT molecular complexity index is 485. The molecule has 118 valence electrons. The molecule has 0 amide bonds. The minimum absolute atomic E-state index is 0.0494. The van der Waals surface area contributed by atoms with Gasteiger partial charge in [0.15, 0.2) is 5.79 Å². The molecular weight excluding hydrogens is 348 g/mol. The first-order chi connectivity index (χ1) is 9.85. The molecule has 1 aromatic rings. The van der Waals surface area contributed by atoms with Crippen LogP contribution in [0.15, 0.2) is 22.7 Å². The van der Waals surface area contributed by atoms with Crippen molar-refractivity contribution < 1.29 is 23.0 Å². The number of ether oxygens (including phenoxy) is 3. The lowest BCUT2D eigenvalue weighted by Crippen LogP contribution is -2.30. The number of nitrogens with one attached hydrogen (secondary N) is 1. The third kappa shape index (κ3) is 5.18. The predicted molar refractivity (Wildman–Crippen MR) is 77.4 cm³/mol. The lowest BCUT2D eigenvalue weighted by atomic mass is 10.2. The van der Waals surface area contributed by atoms with E-state index in [0.717, 1.165) is 4.47 Å². The van der Waals surface area contributed by atoms with Crippen molar-refractivity contribution in [2.24, 2.45) is 0 Å². The van der Waals surface area contributed by atoms with E-state index in [-0.39, 0.29) is 11.9 Å². The van der Waals surface area contributed by atoms with Crippen molar-refractivity contribution in [1.82, 2.24) is 5.32 Å². The van der Waals surface area contributed by atoms with Gasteiger partial charge in [0.05, 0.1) is 12.7 Å². The zero-order valence-corrected chi connectivity index (χ0v) is 13.5. The first kappa shape index (κ1) is 16.6. The van der Waals surface area contributed by atoms with Gasteiger partial charge in [0.1, 0.15) is 5.75 Å². The van der Waals surface area contributed by atoms with E-state index in [1.807, 2.05) is 13.8 Å². The highest BCUT2D eigenvalue weighted by Gasteiger charge is 2.32. The van der Waals surface area contributed by atoms with Gasteiger partial charge in [-0.1, -0.05) is 15.9 Å². The molecule has 4 nitrogen and oxygen atoms in total. The van der Waals surface area contributed by atoms with Gasteiger partial charge in [-0.25, -0.2) is 0 Å². The van der Waals surface area contributed by atoms with Gasteiger partial charge in [-0.15, -0.1) is 0 Å². The van der Waals surface area contributed by atoms with Gasteiger partial charge in [-0.3, -0.25) is 0 Å². The van der Waals surface area contributed by atoms with Gasteiger partial charge in [0.2, 0.25) is 0 Å². The number of hydrogen-bond donors (Lipinski definition) is 1. The highest BCUT2D eigenvalue weighted by Crippen LogP contribution is 2.25. The molecule has 1 aliphatic rings. The van der Waals surface area contributed by atoms with E-state index in [2.05, 4.69) is 26.0 Å². The molecule has 2 rings (SSSR count). The summed E-state index contributed by atoms with van der Waals surface area (Å²) >= 11 is 3.32. The third-order valence-electron chi connectivity index (χ3n) is 2.99. The fraction of sp³-hybridized carbons (Fsp3) is 0.571. The number of halogens is 3. The lowest BCUT2D eigenvalue weighted by molar-refractivity contribution is -0.137. The second kappa shape index (κ2) is 7.00. The van der Waals surface area contributed by atoms with Gasteiger partial charge in [0.25, 0.3) is 0 Å². The van der Waals surface area contributed by atoms with Crippen LogP contribution in [0.3, 0.4) is 0 Å². The van der Waals surface area contributed by atoms with Gasteiger partial charge in [-0.2, -0.15) is 8.78 Å². The quantitative estimate of drug-likeness (QED) is 0.839. The summed E-state index contributed by atoms with van der Waals surface area (Å²) < 4.78 is 41.2. The molecule has 1 heterocycles. The Morgan fingerprint density at radius 1 is 1.48 bits per heavy atom. The predicted octanol–water partition coefficient (Wildman–Crippen LogP) is 3.29. The first-order valence-corrected chi connectivity index (χ1v) is 7.41. The van der Waals surface area contributed by atoms with Crippen molar-refractivity contribution in [1.29, 1.82) is 0 Å². The summed E-state index contributed by atoms with van der Waals surface area (Å²) in [4.78, 5) is 0. The fourth-order valence-corrected chi connectivity index (χ4v) is 2.54. The smallest absolute Gasteiger partial charge is 0.387 e. The van der Waals surface area contributed by atoms with Crippen LogP contribution in [0, 0.1) is 0 Å². The van der Waals surface area contributed by atoms with E-state index >= 15 is 0 Å². The van der Waals surface area contributed by atoms with E-state index in [1.165, 1.54) is 6.07 Å². The normalized spacial score (nSPS) is 21.0. The molecule has 1 saturated heterocycles. The first-order valence-electron chi connectivity index (χ1n) is 6.61. The van der Waals surface area contributed by atoms with E-state index < -0.39 is 12.4 Å². The van der Waals surface area contributed by atoms with Crippen LogP contribution in [0.1, 0.15) is 19.4 Å². The third-order valence-corrected chi connectivity index (χ3v) is 3.49. The van der Waals surface area contributed by atoms with Crippen LogP contribution >= 0.6 is 15.9 Å². The van der Waals surface area contributed by atoms with Crippen molar-refractivity contribution in [3.63, 3.8) is 0 Å². The van der Waals surface area contributed by atoms with Gasteiger partial charge >= 0.3 is 6.61 Å². The Hall–Kier alpha value is -0.760. The number of rotatable bonds is 6. The SMILES string of the molecule is CC1(C)OCC(CNCc2cc(Br)ccc2OC(F)F)O1. The van der Waals surface area contributed by atoms with Crippen LogP contribution < -0.4 is 10.1 Å². The number of benzene rings is 1. The molecule has 1 atom stereocenters. The van der Waals surface area contributed by atoms with Crippen LogP contribution in [0.2, 0.25) is 0 Å². The van der Waals surface area contributed by atoms with Crippen LogP contribution in [-0.4, -0.2) is 31.7 Å². The lowest BCUT2D eigenvalue weighted by Gasteiger charge is -2.17. The number of hydrogen-bond acceptors (Lipinski definition) is 4. The Morgan fingerprint density at radius 2 is 2.24 bits per heavy atom. The second-order valence-corrected chi connectivity index (χ2v) is 6.13. The number of alkyl halides is 2. The minimum Gasteiger partial charge on any atom is -0.434 e. The summed E-state index contributed by atoms with van der Waals surface area (Å²) in [6.45, 7) is 2.37. The summed E-state index contributed by atoms with van der Waals surface area (Å²) in [5.74, 6) is -0.392. The van der Waals surface area contributed by atoms with E-state index in [4.69, 9.17) is 9.47 Å². The molecule has 1 fully saturated rings. The molecule has 0 bridgehead atoms. The molecule has 0 spiro atoms. The van der Waals surface area contributed by atoms with Crippen molar-refractivity contribution in [3.05, 3.63) is 28.2 Å². The van der Waals surface area contributed by atoms with Crippen molar-refractivity contribution >= 4 is 15.9 Å². The summed E-state index contributed by atoms with van der Waals surface area (Å²) in [7, 11) is 0. The molecule has 1 N–H and O–H groups in total. The van der Waals surface area contributed by atoms with Gasteiger partial charge < -0.3 is 19.5 Å². The molecule has 1 aromatic carbocycles. The Kier molecular flexibility index (Phi) is 5.54. The second-order valence-electron chi connectivity index (χ2n) is 5.21. The molecular formula is C14H18BrF2NO3. The summed E-state index contributed by atoms with van der Waals surface area (Å²) in [5.41, 5.74) is 0.655. The van der Waals surface area contributed by atoms with E-state index in [9.17, 15) is 8.78 Å². The maximum atomic E-state index is 12.4. The molecule has 7 heteroatoms. The van der Waals surface area contributed by atoms with Gasteiger partial charge in [-0.05, 0) is 32.0 Å². The monoisotopic (exact) mass is 365 g/mol. The average Bonchev–Trinajstić information content (AvgIpc) is 2.72. The van der Waals surface area contributed by atoms with Crippen molar-refractivity contribution in [2.45, 2.75) is 38.9 Å². The molecule has 0 saturated carbocycles. The van der Waals surface area contributed by atoms with Crippen LogP contribution in [0.5, 0.6) is 5.75 Å². The summed E-state index contributed by atoms with van der Waals surface area (Å²) in [6.07, 6.45) is -0.0494. The Labute approximate surface area is 130 Å². The van der Waals surface area contributed by atoms with E-state index in [0.29, 0.717) is 25.3 Å². The minimum atomic E-state index is -2.84. The summed E-state index contributed by atoms with van der Waals surface area (Å²) in [6, 6.07) is 4.93. The van der Waals surface area contributed by atoms with E-state index in [1.54, 1.807) is 12.1 Å². The Morgan fingerprint density at radius 3 is 2.86 bits per heavy atom. The Balaban J connectivity index is 1.89. The van der Waals surface area contributed by atoms with Crippen molar-refractivity contribution in [3.8, 4) is 5.75 Å². The zero-order chi connectivity index (χ0) is 15.5. The molecule has 1 aliphatic heterocycles. The van der Waals surface area contributed by atoms with Crippen LogP contribution in [-0.2, 0) is 16.0 Å². The highest BCUT2D eigenvalue weighted by molar-refractivity contribution is 9.10. The average molecular weight is 366 g/mol. The molecule has 0 radical (unpaired) electrons. The maximum Gasteiger partial charge on any atom is 0.387 e. The maximum absolute atomic E-state index is 12.4. The van der Waals surface area contributed by atoms with Gasteiger partial charge in [0, 0.05) is 23.1 Å². The molecule has 0 aliphatic carbocycles. The van der Waals surface area contributed by atoms with Crippen molar-refractivity contribution in [2.75, 3.05) is 13.2 Å². The zero-order valence-electron chi connectivity index (χ0n) is 11.9. The highest BCUT2D eigenvalue weighted by atomic mass is 79.9. The summed E-state index contributed by atoms with van der Waals surface area (Å²) in [5, 5.41) is 3.17. The fourth-order valence-electron chi connectivity index (χ4n) is 2.13. The van der Waals surface area contributed by atoms with Crippen LogP contribution in [0.25, 0.3) is 0 Å². The largest absolute Gasteiger partial charge is 0.434 e. The molecule has 1 unspecified atom stereocenters. The standard InChI is InChI=1S/C14H18BrF2NO3/c1-14(2)19-8-11(21-14)7-18-6-9-5-10(15)3-4-12(9)20-13(16)17/h3-5,11,13,18H,6-8H2,1-2H3. The van der Waals surface area contributed by atoms with Crippen LogP contribution in [0.4, 0.5) is 8.78 Å². The molecule has 21 heavy (non-hydrogen) atoms. The topological polar surface area (TPSA) is 39.7 Å².